The third-order valence-electron chi connectivity index (χ3n) is 2.95. The Kier molecular flexibility index (Phi) is 5.65. The van der Waals surface area contributed by atoms with Crippen molar-refractivity contribution in [2.75, 3.05) is 11.9 Å². The highest BCUT2D eigenvalue weighted by Crippen LogP contribution is 2.22. The number of nitro groups is 1. The van der Waals surface area contributed by atoms with E-state index in [0.717, 1.165) is 0 Å². The molecule has 8 heteroatoms. The Bertz CT molecular complexity index is 559. The SMILES string of the molecule is Cc1ccc(NC(=O)NCCC(C)C(=O)O)cc1[N+](=O)[O-]. The fraction of sp³-hybridized carbons (Fsp3) is 0.385. The zero-order chi connectivity index (χ0) is 16.0. The molecular formula is C13H17N3O5. The monoisotopic (exact) mass is 295 g/mol. The van der Waals surface area contributed by atoms with Crippen molar-refractivity contribution in [3.05, 3.63) is 33.9 Å². The molecule has 0 aliphatic rings. The zero-order valence-electron chi connectivity index (χ0n) is 11.8. The largest absolute Gasteiger partial charge is 0.481 e. The molecule has 0 radical (unpaired) electrons. The molecule has 0 heterocycles. The second-order valence-corrected chi connectivity index (χ2v) is 4.67. The van der Waals surface area contributed by atoms with E-state index in [9.17, 15) is 19.7 Å². The number of carbonyl (C=O) groups excluding carboxylic acids is 1. The first kappa shape index (κ1) is 16.4. The smallest absolute Gasteiger partial charge is 0.319 e. The number of carbonyl (C=O) groups is 2. The minimum atomic E-state index is -0.925. The molecule has 8 nitrogen and oxygen atoms in total. The van der Waals surface area contributed by atoms with Crippen LogP contribution >= 0.6 is 0 Å². The number of aliphatic carboxylic acids is 1. The lowest BCUT2D eigenvalue weighted by Crippen LogP contribution is -2.31. The summed E-state index contributed by atoms with van der Waals surface area (Å²) in [5, 5.41) is 24.5. The van der Waals surface area contributed by atoms with Gasteiger partial charge in [0.05, 0.1) is 10.8 Å². The van der Waals surface area contributed by atoms with Gasteiger partial charge in [-0.1, -0.05) is 13.0 Å². The fourth-order valence-corrected chi connectivity index (χ4v) is 1.58. The number of carboxylic acid groups (broad SMARTS) is 1. The molecule has 21 heavy (non-hydrogen) atoms. The summed E-state index contributed by atoms with van der Waals surface area (Å²) in [6.07, 6.45) is 0.302. The number of nitro benzene ring substituents is 1. The number of nitrogens with one attached hydrogen (secondary N) is 2. The van der Waals surface area contributed by atoms with Crippen LogP contribution in [-0.4, -0.2) is 28.6 Å². The first-order valence-electron chi connectivity index (χ1n) is 6.34. The van der Waals surface area contributed by atoms with Crippen LogP contribution in [0, 0.1) is 23.0 Å². The van der Waals surface area contributed by atoms with Crippen LogP contribution in [0.2, 0.25) is 0 Å². The standard InChI is InChI=1S/C13H17N3O5/c1-8-3-4-10(7-11(8)16(20)21)15-13(19)14-6-5-9(2)12(17)18/h3-4,7,9H,5-6H2,1-2H3,(H,17,18)(H2,14,15,19). The first-order chi connectivity index (χ1) is 9.81. The van der Waals surface area contributed by atoms with Gasteiger partial charge in [0.2, 0.25) is 0 Å². The zero-order valence-corrected chi connectivity index (χ0v) is 11.8. The number of hydrogen-bond donors (Lipinski definition) is 3. The van der Waals surface area contributed by atoms with E-state index >= 15 is 0 Å². The summed E-state index contributed by atoms with van der Waals surface area (Å²) in [4.78, 5) is 32.5. The molecule has 0 aromatic heterocycles. The van der Waals surface area contributed by atoms with Crippen molar-refractivity contribution in [2.24, 2.45) is 5.92 Å². The molecule has 0 aliphatic carbocycles. The van der Waals surface area contributed by atoms with E-state index in [4.69, 9.17) is 5.11 Å². The van der Waals surface area contributed by atoms with Crippen molar-refractivity contribution in [1.82, 2.24) is 5.32 Å². The van der Waals surface area contributed by atoms with E-state index in [1.165, 1.54) is 6.07 Å². The van der Waals surface area contributed by atoms with E-state index in [1.807, 2.05) is 0 Å². The maximum Gasteiger partial charge on any atom is 0.319 e. The number of amides is 2. The Morgan fingerprint density at radius 1 is 1.43 bits per heavy atom. The Hall–Kier alpha value is -2.64. The van der Waals surface area contributed by atoms with Gasteiger partial charge in [-0.3, -0.25) is 14.9 Å². The van der Waals surface area contributed by atoms with E-state index in [-0.39, 0.29) is 12.2 Å². The summed E-state index contributed by atoms with van der Waals surface area (Å²) >= 11 is 0. The van der Waals surface area contributed by atoms with Gasteiger partial charge in [0.15, 0.2) is 0 Å². The van der Waals surface area contributed by atoms with Crippen LogP contribution in [0.1, 0.15) is 18.9 Å². The topological polar surface area (TPSA) is 122 Å². The van der Waals surface area contributed by atoms with Crippen LogP contribution < -0.4 is 10.6 Å². The number of carboxylic acids is 1. The van der Waals surface area contributed by atoms with Crippen molar-refractivity contribution in [2.45, 2.75) is 20.3 Å². The molecule has 1 aromatic rings. The highest BCUT2D eigenvalue weighted by Gasteiger charge is 2.13. The van der Waals surface area contributed by atoms with Gasteiger partial charge in [0.25, 0.3) is 5.69 Å². The van der Waals surface area contributed by atoms with Gasteiger partial charge in [-0.05, 0) is 19.4 Å². The third kappa shape index (κ3) is 5.09. The number of nitrogens with zero attached hydrogens (tertiary/aromatic N) is 1. The molecule has 1 unspecified atom stereocenters. The van der Waals surface area contributed by atoms with Gasteiger partial charge in [0.1, 0.15) is 0 Å². The fourth-order valence-electron chi connectivity index (χ4n) is 1.58. The van der Waals surface area contributed by atoms with Crippen molar-refractivity contribution < 1.29 is 19.6 Å². The molecule has 114 valence electrons. The van der Waals surface area contributed by atoms with Crippen molar-refractivity contribution in [3.8, 4) is 0 Å². The summed E-state index contributed by atoms with van der Waals surface area (Å²) < 4.78 is 0. The van der Waals surface area contributed by atoms with E-state index in [1.54, 1.807) is 26.0 Å². The molecule has 0 fully saturated rings. The van der Waals surface area contributed by atoms with Crippen molar-refractivity contribution in [3.63, 3.8) is 0 Å². The summed E-state index contributed by atoms with van der Waals surface area (Å²) in [5.41, 5.74) is 0.727. The van der Waals surface area contributed by atoms with Gasteiger partial charge in [0, 0.05) is 23.9 Å². The summed E-state index contributed by atoms with van der Waals surface area (Å²) in [6.45, 7) is 3.35. The summed E-state index contributed by atoms with van der Waals surface area (Å²) in [6, 6.07) is 3.84. The molecule has 0 saturated heterocycles. The third-order valence-corrected chi connectivity index (χ3v) is 2.95. The van der Waals surface area contributed by atoms with Crippen LogP contribution in [-0.2, 0) is 4.79 Å². The molecule has 0 saturated carbocycles. The quantitative estimate of drug-likeness (QED) is 0.548. The number of anilines is 1. The number of hydrogen-bond acceptors (Lipinski definition) is 4. The molecule has 0 spiro atoms. The van der Waals surface area contributed by atoms with Crippen LogP contribution in [0.5, 0.6) is 0 Å². The molecule has 1 atom stereocenters. The number of aryl methyl sites for hydroxylation is 1. The number of benzene rings is 1. The lowest BCUT2D eigenvalue weighted by molar-refractivity contribution is -0.385. The van der Waals surface area contributed by atoms with Crippen molar-refractivity contribution >= 4 is 23.4 Å². The maximum absolute atomic E-state index is 11.6. The Balaban J connectivity index is 2.54. The average Bonchev–Trinajstić information content (AvgIpc) is 2.40. The van der Waals surface area contributed by atoms with Gasteiger partial charge in [-0.25, -0.2) is 4.79 Å². The molecule has 0 aliphatic heterocycles. The minimum Gasteiger partial charge on any atom is -0.481 e. The van der Waals surface area contributed by atoms with E-state index in [0.29, 0.717) is 17.7 Å². The maximum atomic E-state index is 11.6. The highest BCUT2D eigenvalue weighted by molar-refractivity contribution is 5.89. The predicted molar refractivity (Wildman–Crippen MR) is 76.3 cm³/mol. The summed E-state index contributed by atoms with van der Waals surface area (Å²) in [5.74, 6) is -1.47. The van der Waals surface area contributed by atoms with Crippen molar-refractivity contribution in [1.29, 1.82) is 0 Å². The number of urea groups is 1. The lowest BCUT2D eigenvalue weighted by atomic mass is 10.1. The normalized spacial score (nSPS) is 11.5. The Labute approximate surface area is 121 Å². The molecule has 2 amide bonds. The molecular weight excluding hydrogens is 278 g/mol. The Morgan fingerprint density at radius 3 is 2.67 bits per heavy atom. The Morgan fingerprint density at radius 2 is 2.10 bits per heavy atom. The second-order valence-electron chi connectivity index (χ2n) is 4.67. The molecule has 0 bridgehead atoms. The molecule has 1 rings (SSSR count). The van der Waals surface area contributed by atoms with Crippen LogP contribution in [0.4, 0.5) is 16.2 Å². The first-order valence-corrected chi connectivity index (χ1v) is 6.34. The van der Waals surface area contributed by atoms with Crippen LogP contribution in [0.3, 0.4) is 0 Å². The van der Waals surface area contributed by atoms with Gasteiger partial charge in [-0.2, -0.15) is 0 Å². The minimum absolute atomic E-state index is 0.0766. The highest BCUT2D eigenvalue weighted by atomic mass is 16.6. The molecule has 1 aromatic carbocycles. The van der Waals surface area contributed by atoms with E-state index in [2.05, 4.69) is 10.6 Å². The average molecular weight is 295 g/mol. The second kappa shape index (κ2) is 7.22. The predicted octanol–water partition coefficient (Wildman–Crippen LogP) is 2.14. The van der Waals surface area contributed by atoms with E-state index < -0.39 is 22.8 Å². The van der Waals surface area contributed by atoms with Gasteiger partial charge in [-0.15, -0.1) is 0 Å². The van der Waals surface area contributed by atoms with Gasteiger partial charge < -0.3 is 15.7 Å². The number of rotatable bonds is 6. The lowest BCUT2D eigenvalue weighted by Gasteiger charge is -2.09. The van der Waals surface area contributed by atoms with Crippen LogP contribution in [0.25, 0.3) is 0 Å². The summed E-state index contributed by atoms with van der Waals surface area (Å²) in [7, 11) is 0. The molecule has 3 N–H and O–H groups in total. The van der Waals surface area contributed by atoms with Crippen LogP contribution in [0.15, 0.2) is 18.2 Å². The van der Waals surface area contributed by atoms with Gasteiger partial charge >= 0.3 is 12.0 Å².